The van der Waals surface area contributed by atoms with Gasteiger partial charge in [-0.1, -0.05) is 0 Å². The molecular formula is C11H19N3O6. The third kappa shape index (κ3) is 8.72. The maximum atomic E-state index is 11.4. The number of carbonyl (C=O) groups is 4. The number of rotatable bonds is 6. The molecule has 20 heavy (non-hydrogen) atoms. The van der Waals surface area contributed by atoms with E-state index in [1.807, 2.05) is 5.32 Å². The van der Waals surface area contributed by atoms with Crippen LogP contribution in [0.25, 0.3) is 0 Å². The first-order valence-corrected chi connectivity index (χ1v) is 5.81. The van der Waals surface area contributed by atoms with Crippen molar-refractivity contribution in [2.75, 3.05) is 6.54 Å². The largest absolute Gasteiger partial charge is 0.481 e. The van der Waals surface area contributed by atoms with Crippen LogP contribution in [0.5, 0.6) is 0 Å². The Morgan fingerprint density at radius 2 is 1.65 bits per heavy atom. The van der Waals surface area contributed by atoms with E-state index in [0.717, 1.165) is 0 Å². The first-order chi connectivity index (χ1) is 9.01. The van der Waals surface area contributed by atoms with Crippen LogP contribution in [-0.2, 0) is 14.4 Å². The Labute approximate surface area is 115 Å². The molecule has 9 heteroatoms. The van der Waals surface area contributed by atoms with Crippen LogP contribution in [0.2, 0.25) is 0 Å². The minimum Gasteiger partial charge on any atom is -0.481 e. The second-order valence-corrected chi connectivity index (χ2v) is 5.11. The average molecular weight is 289 g/mol. The molecule has 0 saturated heterocycles. The zero-order chi connectivity index (χ0) is 15.9. The second-order valence-electron chi connectivity index (χ2n) is 5.11. The molecule has 0 aromatic rings. The number of nitrogens with one attached hydrogen (secondary N) is 3. The molecule has 0 radical (unpaired) electrons. The van der Waals surface area contributed by atoms with E-state index in [0.29, 0.717) is 0 Å². The normalized spacial score (nSPS) is 12.2. The summed E-state index contributed by atoms with van der Waals surface area (Å²) in [6.07, 6.45) is -0.753. The molecule has 0 spiro atoms. The van der Waals surface area contributed by atoms with Crippen molar-refractivity contribution >= 4 is 23.9 Å². The molecule has 0 saturated carbocycles. The van der Waals surface area contributed by atoms with Crippen molar-refractivity contribution in [2.24, 2.45) is 0 Å². The predicted octanol–water partition coefficient (Wildman–Crippen LogP) is -0.872. The van der Waals surface area contributed by atoms with E-state index < -0.39 is 41.9 Å². The Kier molecular flexibility index (Phi) is 6.47. The minimum atomic E-state index is -1.56. The molecule has 0 heterocycles. The van der Waals surface area contributed by atoms with E-state index in [1.54, 1.807) is 20.8 Å². The monoisotopic (exact) mass is 289 g/mol. The number of aliphatic carboxylic acids is 2. The molecule has 0 aromatic heterocycles. The van der Waals surface area contributed by atoms with Crippen LogP contribution in [-0.4, -0.2) is 52.2 Å². The molecule has 0 aliphatic carbocycles. The Morgan fingerprint density at radius 3 is 2.05 bits per heavy atom. The number of amides is 3. The summed E-state index contributed by atoms with van der Waals surface area (Å²) >= 11 is 0. The van der Waals surface area contributed by atoms with Crippen LogP contribution in [0.4, 0.5) is 4.79 Å². The highest BCUT2D eigenvalue weighted by atomic mass is 16.4. The molecule has 0 aliphatic heterocycles. The Bertz CT molecular complexity index is 401. The van der Waals surface area contributed by atoms with Crippen LogP contribution >= 0.6 is 0 Å². The smallest absolute Gasteiger partial charge is 0.326 e. The number of urea groups is 1. The van der Waals surface area contributed by atoms with Gasteiger partial charge in [-0.2, -0.15) is 0 Å². The van der Waals surface area contributed by atoms with Crippen molar-refractivity contribution in [3.8, 4) is 0 Å². The molecule has 3 amide bonds. The Morgan fingerprint density at radius 1 is 1.10 bits per heavy atom. The molecular weight excluding hydrogens is 270 g/mol. The molecule has 1 atom stereocenters. The summed E-state index contributed by atoms with van der Waals surface area (Å²) in [5, 5.41) is 23.9. The van der Waals surface area contributed by atoms with E-state index >= 15 is 0 Å². The van der Waals surface area contributed by atoms with Gasteiger partial charge in [0.15, 0.2) is 0 Å². The van der Waals surface area contributed by atoms with E-state index in [9.17, 15) is 19.2 Å². The van der Waals surface area contributed by atoms with Crippen molar-refractivity contribution < 1.29 is 29.4 Å². The quantitative estimate of drug-likeness (QED) is 0.429. The molecule has 0 aliphatic rings. The lowest BCUT2D eigenvalue weighted by atomic mass is 10.1. The van der Waals surface area contributed by atoms with E-state index in [4.69, 9.17) is 10.2 Å². The third-order valence-electron chi connectivity index (χ3n) is 1.91. The van der Waals surface area contributed by atoms with Crippen LogP contribution in [0.3, 0.4) is 0 Å². The zero-order valence-electron chi connectivity index (χ0n) is 11.5. The number of carbonyl (C=O) groups excluding carboxylic acids is 2. The summed E-state index contributed by atoms with van der Waals surface area (Å²) in [4.78, 5) is 43.9. The summed E-state index contributed by atoms with van der Waals surface area (Å²) in [6.45, 7) is 4.94. The molecule has 114 valence electrons. The van der Waals surface area contributed by atoms with Gasteiger partial charge < -0.3 is 26.2 Å². The van der Waals surface area contributed by atoms with Gasteiger partial charge in [0.25, 0.3) is 0 Å². The fourth-order valence-electron chi connectivity index (χ4n) is 1.21. The van der Waals surface area contributed by atoms with Gasteiger partial charge in [0.2, 0.25) is 5.91 Å². The molecule has 9 nitrogen and oxygen atoms in total. The van der Waals surface area contributed by atoms with Crippen molar-refractivity contribution in [1.29, 1.82) is 0 Å². The highest BCUT2D eigenvalue weighted by Crippen LogP contribution is 1.97. The van der Waals surface area contributed by atoms with Gasteiger partial charge in [-0.05, 0) is 20.8 Å². The molecule has 5 N–H and O–H groups in total. The SMILES string of the molecule is CC(C)(C)NC(=O)CNC(=O)N[C@@H](CC(=O)O)C(=O)O. The summed E-state index contributed by atoms with van der Waals surface area (Å²) in [5.74, 6) is -3.28. The lowest BCUT2D eigenvalue weighted by Gasteiger charge is -2.20. The molecule has 0 bridgehead atoms. The summed E-state index contributed by atoms with van der Waals surface area (Å²) < 4.78 is 0. The van der Waals surface area contributed by atoms with Gasteiger partial charge in [0.1, 0.15) is 6.04 Å². The average Bonchev–Trinajstić information content (AvgIpc) is 2.22. The first-order valence-electron chi connectivity index (χ1n) is 5.81. The van der Waals surface area contributed by atoms with Crippen LogP contribution < -0.4 is 16.0 Å². The summed E-state index contributed by atoms with van der Waals surface area (Å²) in [5.41, 5.74) is -0.456. The van der Waals surface area contributed by atoms with Crippen LogP contribution in [0, 0.1) is 0 Å². The molecule has 0 unspecified atom stereocenters. The van der Waals surface area contributed by atoms with Gasteiger partial charge in [0.05, 0.1) is 13.0 Å². The van der Waals surface area contributed by atoms with Gasteiger partial charge in [-0.3, -0.25) is 9.59 Å². The fraction of sp³-hybridized carbons (Fsp3) is 0.636. The molecule has 0 rings (SSSR count). The van der Waals surface area contributed by atoms with Gasteiger partial charge in [-0.15, -0.1) is 0 Å². The third-order valence-corrected chi connectivity index (χ3v) is 1.91. The number of carboxylic acids is 2. The lowest BCUT2D eigenvalue weighted by molar-refractivity contribution is -0.145. The van der Waals surface area contributed by atoms with Gasteiger partial charge in [0, 0.05) is 5.54 Å². The predicted molar refractivity (Wildman–Crippen MR) is 68.1 cm³/mol. The molecule has 0 aromatic carbocycles. The highest BCUT2D eigenvalue weighted by molar-refractivity contribution is 5.88. The van der Waals surface area contributed by atoms with Crippen molar-refractivity contribution in [3.05, 3.63) is 0 Å². The van der Waals surface area contributed by atoms with E-state index in [1.165, 1.54) is 0 Å². The number of hydrogen-bond donors (Lipinski definition) is 5. The maximum absolute atomic E-state index is 11.4. The Hall–Kier alpha value is -2.32. The van der Waals surface area contributed by atoms with E-state index in [-0.39, 0.29) is 6.54 Å². The van der Waals surface area contributed by atoms with Crippen molar-refractivity contribution in [2.45, 2.75) is 38.8 Å². The number of hydrogen-bond acceptors (Lipinski definition) is 4. The fourth-order valence-corrected chi connectivity index (χ4v) is 1.21. The van der Waals surface area contributed by atoms with Crippen molar-refractivity contribution in [3.63, 3.8) is 0 Å². The summed E-state index contributed by atoms with van der Waals surface area (Å²) in [6, 6.07) is -2.49. The minimum absolute atomic E-state index is 0.345. The van der Waals surface area contributed by atoms with Crippen LogP contribution in [0.1, 0.15) is 27.2 Å². The van der Waals surface area contributed by atoms with Crippen LogP contribution in [0.15, 0.2) is 0 Å². The highest BCUT2D eigenvalue weighted by Gasteiger charge is 2.23. The standard InChI is InChI=1S/C11H19N3O6/c1-11(2,3)14-7(15)5-12-10(20)13-6(9(18)19)4-8(16)17/h6H,4-5H2,1-3H3,(H,14,15)(H,16,17)(H,18,19)(H2,12,13,20)/t6-/m0/s1. The van der Waals surface area contributed by atoms with Gasteiger partial charge in [-0.25, -0.2) is 9.59 Å². The summed E-state index contributed by atoms with van der Waals surface area (Å²) in [7, 11) is 0. The topological polar surface area (TPSA) is 145 Å². The maximum Gasteiger partial charge on any atom is 0.326 e. The van der Waals surface area contributed by atoms with E-state index in [2.05, 4.69) is 10.6 Å². The first kappa shape index (κ1) is 17.7. The second kappa shape index (κ2) is 7.31. The zero-order valence-corrected chi connectivity index (χ0v) is 11.5. The Balaban J connectivity index is 4.24. The molecule has 0 fully saturated rings. The lowest BCUT2D eigenvalue weighted by Crippen LogP contribution is -2.51. The van der Waals surface area contributed by atoms with Gasteiger partial charge >= 0.3 is 18.0 Å². The van der Waals surface area contributed by atoms with Crippen molar-refractivity contribution in [1.82, 2.24) is 16.0 Å². The number of carboxylic acid groups (broad SMARTS) is 2.